The van der Waals surface area contributed by atoms with Gasteiger partial charge in [0, 0.05) is 78.0 Å². The van der Waals surface area contributed by atoms with Crippen LogP contribution in [0.1, 0.15) is 58.2 Å². The molecule has 12 rings (SSSR count). The second-order valence-electron chi connectivity index (χ2n) is 21.4. The number of hydrogen-bond acceptors (Lipinski definition) is 4. The third kappa shape index (κ3) is 9.25. The third-order valence-corrected chi connectivity index (χ3v) is 14.4. The van der Waals surface area contributed by atoms with Crippen molar-refractivity contribution in [3.8, 4) is 61.8 Å². The summed E-state index contributed by atoms with van der Waals surface area (Å²) in [6.45, 7) is 17.9. The number of aryl methyl sites for hydroxylation is 1. The van der Waals surface area contributed by atoms with E-state index in [2.05, 4.69) is 270 Å². The summed E-state index contributed by atoms with van der Waals surface area (Å²) in [6, 6.07) is 80.9. The number of hydrogen-bond donors (Lipinski definition) is 0. The number of benzene rings is 9. The van der Waals surface area contributed by atoms with Crippen LogP contribution in [0.4, 0.5) is 22.7 Å². The van der Waals surface area contributed by atoms with Gasteiger partial charge in [0.15, 0.2) is 0 Å². The second-order valence-corrected chi connectivity index (χ2v) is 21.4. The topological polar surface area (TPSA) is 33.5 Å². The first kappa shape index (κ1) is 49.2. The summed E-state index contributed by atoms with van der Waals surface area (Å²) in [5, 5.41) is 2.21. The molecule has 0 N–H and O–H groups in total. The van der Waals surface area contributed by atoms with Crippen molar-refractivity contribution in [2.45, 2.75) is 59.3 Å². The zero-order chi connectivity index (χ0) is 50.7. The molecule has 0 amide bonds. The van der Waals surface area contributed by atoms with E-state index < -0.39 is 0 Å². The number of ether oxygens (including phenoxy) is 1. The Morgan fingerprint density at radius 2 is 1.01 bits per heavy atom. The van der Waals surface area contributed by atoms with E-state index in [-0.39, 0.29) is 31.9 Å². The van der Waals surface area contributed by atoms with Crippen LogP contribution in [0.2, 0.25) is 0 Å². The van der Waals surface area contributed by atoms with Crippen molar-refractivity contribution < 1.29 is 25.8 Å². The van der Waals surface area contributed by atoms with Crippen LogP contribution in [0, 0.1) is 25.7 Å². The first-order valence-electron chi connectivity index (χ1n) is 25.5. The zero-order valence-electron chi connectivity index (χ0n) is 43.3. The molecule has 0 radical (unpaired) electrons. The minimum Gasteiger partial charge on any atom is -0.509 e. The van der Waals surface area contributed by atoms with Gasteiger partial charge in [0.2, 0.25) is 0 Å². The van der Waals surface area contributed by atoms with Crippen molar-refractivity contribution in [3.05, 3.63) is 248 Å². The summed E-state index contributed by atoms with van der Waals surface area (Å²) in [4.78, 5) is 9.71. The summed E-state index contributed by atoms with van der Waals surface area (Å²) in [7, 11) is 0. The molecule has 0 fully saturated rings. The van der Waals surface area contributed by atoms with E-state index in [0.29, 0.717) is 11.5 Å². The van der Waals surface area contributed by atoms with Crippen molar-refractivity contribution in [3.63, 3.8) is 0 Å². The minimum atomic E-state index is 0. The molecular weight excluding hydrogens is 1100 g/mol. The number of pyridine rings is 1. The van der Waals surface area contributed by atoms with Gasteiger partial charge in [0.1, 0.15) is 5.82 Å². The Balaban J connectivity index is 0.00000602. The first-order chi connectivity index (χ1) is 35.9. The average Bonchev–Trinajstić information content (AvgIpc) is 3.97. The Kier molecular flexibility index (Phi) is 12.9. The summed E-state index contributed by atoms with van der Waals surface area (Å²) in [5.41, 5.74) is 18.7. The maximum absolute atomic E-state index is 7.00. The fraction of sp³-hybridized carbons (Fsp3) is 0.130. The van der Waals surface area contributed by atoms with Crippen molar-refractivity contribution in [1.29, 1.82) is 0 Å². The van der Waals surface area contributed by atoms with E-state index in [9.17, 15) is 0 Å². The molecule has 0 bridgehead atoms. The predicted molar refractivity (Wildman–Crippen MR) is 308 cm³/mol. The van der Waals surface area contributed by atoms with E-state index in [1.807, 2.05) is 24.4 Å². The normalized spacial score (nSPS) is 12.5. The summed E-state index contributed by atoms with van der Waals surface area (Å²) in [6.07, 6.45) is 1.99. The van der Waals surface area contributed by atoms with Gasteiger partial charge in [-0.1, -0.05) is 210 Å². The van der Waals surface area contributed by atoms with Gasteiger partial charge in [-0.2, -0.15) is 6.07 Å². The van der Waals surface area contributed by atoms with Crippen LogP contribution in [-0.2, 0) is 31.9 Å². The maximum Gasteiger partial charge on any atom is 0.135 e. The van der Waals surface area contributed by atoms with E-state index in [4.69, 9.17) is 9.72 Å². The SMILES string of the molecule is Cc1cc(-n2c3[c-]c(Oc4[c-]c(N5[CH-]N(c6c(-c7ccccc7)cccc6-c6ccc(C(C)(C)C)cc6)c6ccccc65)ccc4)cc(-c4ccc(C(C)(C)C)cc4)c3c3ccccc32)ncc1-c1ccccc1.[Pt]. The molecule has 1 aliphatic rings. The molecule has 3 heterocycles. The monoisotopic (exact) mass is 1150 g/mol. The number of fused-ring (bicyclic) bond motifs is 4. The Hall–Kier alpha value is -7.98. The van der Waals surface area contributed by atoms with E-state index in [1.54, 1.807) is 0 Å². The molecule has 0 unspecified atom stereocenters. The molecule has 6 heteroatoms. The number of para-hydroxylation sites is 4. The van der Waals surface area contributed by atoms with Crippen molar-refractivity contribution in [1.82, 2.24) is 9.55 Å². The quantitative estimate of drug-likeness (QED) is 0.135. The molecule has 1 aliphatic heterocycles. The Labute approximate surface area is 456 Å². The van der Waals surface area contributed by atoms with Gasteiger partial charge >= 0.3 is 0 Å². The van der Waals surface area contributed by atoms with E-state index in [0.717, 1.165) is 100 Å². The van der Waals surface area contributed by atoms with Crippen LogP contribution in [-0.4, -0.2) is 9.55 Å². The molecule has 2 aromatic heterocycles. The molecule has 0 spiro atoms. The van der Waals surface area contributed by atoms with Crippen LogP contribution >= 0.6 is 0 Å². The molecule has 0 aliphatic carbocycles. The molecule has 0 saturated carbocycles. The van der Waals surface area contributed by atoms with Gasteiger partial charge in [0.05, 0.1) is 0 Å². The first-order valence-corrected chi connectivity index (χ1v) is 25.5. The van der Waals surface area contributed by atoms with Crippen LogP contribution in [0.15, 0.2) is 212 Å². The van der Waals surface area contributed by atoms with Gasteiger partial charge in [-0.3, -0.25) is 0 Å². The molecule has 9 aromatic carbocycles. The standard InChI is InChI=1S/C69H57N4O.Pt/c1-46-40-65(70-44-60(46)48-22-12-9-13-23-48)73-61-29-15-14-26-58(61)66-59(50-34-38-52(39-35-50)69(5,6)7)42-55(43-64(66)73)74-54-25-18-24-53(41-54)71-45-72(63-31-17-16-30-62(63)71)67-56(47-20-10-8-11-21-47)27-19-28-57(67)49-32-36-51(37-33-49)68(2,3)4;/h8-40,42,44-45H,1-7H3;/q-3;. The summed E-state index contributed by atoms with van der Waals surface area (Å²) < 4.78 is 9.24. The van der Waals surface area contributed by atoms with Crippen LogP contribution < -0.4 is 14.5 Å². The summed E-state index contributed by atoms with van der Waals surface area (Å²) in [5.74, 6) is 1.97. The Bertz CT molecular complexity index is 3870. The van der Waals surface area contributed by atoms with Crippen LogP contribution in [0.25, 0.3) is 72.1 Å². The van der Waals surface area contributed by atoms with Crippen LogP contribution in [0.5, 0.6) is 11.5 Å². The molecule has 5 nitrogen and oxygen atoms in total. The molecular formula is C69H57N4OPt-3. The fourth-order valence-electron chi connectivity index (χ4n) is 10.5. The molecule has 75 heavy (non-hydrogen) atoms. The largest absolute Gasteiger partial charge is 0.509 e. The van der Waals surface area contributed by atoms with Gasteiger partial charge in [-0.25, -0.2) is 4.98 Å². The number of aromatic nitrogens is 2. The molecule has 372 valence electrons. The minimum absolute atomic E-state index is 0. The fourth-order valence-corrected chi connectivity index (χ4v) is 10.5. The van der Waals surface area contributed by atoms with Crippen molar-refractivity contribution in [2.75, 3.05) is 9.80 Å². The van der Waals surface area contributed by atoms with Gasteiger partial charge in [-0.15, -0.1) is 48.3 Å². The smallest absolute Gasteiger partial charge is 0.135 e. The number of nitrogens with zero attached hydrogens (tertiary/aromatic N) is 4. The summed E-state index contributed by atoms with van der Waals surface area (Å²) >= 11 is 0. The Morgan fingerprint density at radius 3 is 1.63 bits per heavy atom. The van der Waals surface area contributed by atoms with Gasteiger partial charge in [-0.05, 0) is 86.3 Å². The van der Waals surface area contributed by atoms with Crippen LogP contribution in [0.3, 0.4) is 0 Å². The van der Waals surface area contributed by atoms with E-state index >= 15 is 0 Å². The Morgan fingerprint density at radius 1 is 0.480 bits per heavy atom. The number of anilines is 4. The third-order valence-electron chi connectivity index (χ3n) is 14.4. The second kappa shape index (κ2) is 19.7. The number of rotatable bonds is 9. The molecule has 0 atom stereocenters. The van der Waals surface area contributed by atoms with Crippen molar-refractivity contribution >= 4 is 44.6 Å². The van der Waals surface area contributed by atoms with Gasteiger partial charge in [0.25, 0.3) is 0 Å². The molecule has 0 saturated heterocycles. The average molecular weight is 1150 g/mol. The van der Waals surface area contributed by atoms with E-state index in [1.165, 1.54) is 11.1 Å². The van der Waals surface area contributed by atoms with Gasteiger partial charge < -0.3 is 19.1 Å². The zero-order valence-corrected chi connectivity index (χ0v) is 45.6. The van der Waals surface area contributed by atoms with Crippen molar-refractivity contribution in [2.24, 2.45) is 0 Å². The maximum atomic E-state index is 7.00. The molecule has 11 aromatic rings. The predicted octanol–water partition coefficient (Wildman–Crippen LogP) is 18.5.